The van der Waals surface area contributed by atoms with Gasteiger partial charge in [-0.05, 0) is 55.2 Å². The lowest BCUT2D eigenvalue weighted by molar-refractivity contribution is -0.127. The number of para-hydroxylation sites is 1. The Morgan fingerprint density at radius 1 is 1.03 bits per heavy atom. The van der Waals surface area contributed by atoms with Crippen molar-refractivity contribution in [2.45, 2.75) is 19.3 Å². The maximum atomic E-state index is 13.7. The minimum atomic E-state index is -0.690. The third-order valence-corrected chi connectivity index (χ3v) is 5.34. The van der Waals surface area contributed by atoms with Crippen molar-refractivity contribution in [1.29, 1.82) is 0 Å². The Bertz CT molecular complexity index is 1030. The molecule has 2 fully saturated rings. The average molecular weight is 422 g/mol. The van der Waals surface area contributed by atoms with Crippen LogP contribution in [-0.4, -0.2) is 42.4 Å². The third-order valence-electron chi connectivity index (χ3n) is 5.34. The van der Waals surface area contributed by atoms with Crippen LogP contribution in [0.15, 0.2) is 54.2 Å². The Morgan fingerprint density at radius 3 is 2.45 bits per heavy atom. The van der Waals surface area contributed by atoms with Gasteiger partial charge < -0.3 is 15.5 Å². The standard InChI is InChI=1S/C23H23FN4O3/c24-18-6-2-3-7-19(18)25-21(29)15-28-22(30)20(26-23(28)31)14-16-8-10-17(11-9-16)27-12-4-1-5-13-27/h2-3,6-11,14H,1,4-5,12-13,15H2,(H,25,29)(H,26,31)/b20-14+. The van der Waals surface area contributed by atoms with Gasteiger partial charge in [0.2, 0.25) is 5.91 Å². The Hall–Kier alpha value is -3.68. The molecule has 0 aliphatic carbocycles. The Morgan fingerprint density at radius 2 is 1.74 bits per heavy atom. The van der Waals surface area contributed by atoms with Crippen LogP contribution in [0.25, 0.3) is 6.08 Å². The van der Waals surface area contributed by atoms with Gasteiger partial charge in [-0.25, -0.2) is 14.1 Å². The highest BCUT2D eigenvalue weighted by Gasteiger charge is 2.35. The van der Waals surface area contributed by atoms with Crippen LogP contribution < -0.4 is 15.5 Å². The highest BCUT2D eigenvalue weighted by atomic mass is 19.1. The minimum Gasteiger partial charge on any atom is -0.372 e. The molecule has 4 amide bonds. The Kier molecular flexibility index (Phi) is 5.97. The lowest BCUT2D eigenvalue weighted by Crippen LogP contribution is -2.38. The minimum absolute atomic E-state index is 0.0101. The first kappa shape index (κ1) is 20.6. The van der Waals surface area contributed by atoms with Crippen molar-refractivity contribution in [2.24, 2.45) is 0 Å². The fraction of sp³-hybridized carbons (Fsp3) is 0.261. The highest BCUT2D eigenvalue weighted by Crippen LogP contribution is 2.22. The summed E-state index contributed by atoms with van der Waals surface area (Å²) in [5, 5.41) is 4.86. The molecule has 0 unspecified atom stereocenters. The summed E-state index contributed by atoms with van der Waals surface area (Å²) >= 11 is 0. The van der Waals surface area contributed by atoms with Crippen molar-refractivity contribution < 1.29 is 18.8 Å². The fourth-order valence-corrected chi connectivity index (χ4v) is 3.71. The molecule has 0 saturated carbocycles. The number of anilines is 2. The second kappa shape index (κ2) is 8.99. The quantitative estimate of drug-likeness (QED) is 0.572. The Labute approximate surface area is 179 Å². The maximum Gasteiger partial charge on any atom is 0.329 e. The monoisotopic (exact) mass is 422 g/mol. The number of amides is 4. The zero-order valence-corrected chi connectivity index (χ0v) is 16.9. The molecular weight excluding hydrogens is 399 g/mol. The van der Waals surface area contributed by atoms with Crippen molar-refractivity contribution in [3.05, 3.63) is 65.6 Å². The van der Waals surface area contributed by atoms with E-state index in [1.54, 1.807) is 12.1 Å². The molecule has 2 aliphatic rings. The van der Waals surface area contributed by atoms with Crippen molar-refractivity contribution in [3.63, 3.8) is 0 Å². The third kappa shape index (κ3) is 4.74. The number of carbonyl (C=O) groups is 3. The van der Waals surface area contributed by atoms with E-state index in [0.717, 1.165) is 29.2 Å². The van der Waals surface area contributed by atoms with E-state index >= 15 is 0 Å². The second-order valence-corrected chi connectivity index (χ2v) is 7.55. The van der Waals surface area contributed by atoms with Crippen LogP contribution in [-0.2, 0) is 9.59 Å². The van der Waals surface area contributed by atoms with Crippen LogP contribution in [0.4, 0.5) is 20.6 Å². The first-order chi connectivity index (χ1) is 15.0. The van der Waals surface area contributed by atoms with Gasteiger partial charge in [-0.1, -0.05) is 24.3 Å². The normalized spacial score (nSPS) is 17.8. The number of hydrogen-bond donors (Lipinski definition) is 2. The van der Waals surface area contributed by atoms with E-state index in [0.29, 0.717) is 0 Å². The predicted molar refractivity (Wildman–Crippen MR) is 116 cm³/mol. The van der Waals surface area contributed by atoms with Gasteiger partial charge in [-0.2, -0.15) is 0 Å². The number of carbonyl (C=O) groups excluding carboxylic acids is 3. The highest BCUT2D eigenvalue weighted by molar-refractivity contribution is 6.15. The molecular formula is C23H23FN4O3. The van der Waals surface area contributed by atoms with E-state index < -0.39 is 30.2 Å². The molecule has 0 spiro atoms. The molecule has 31 heavy (non-hydrogen) atoms. The SMILES string of the molecule is O=C(CN1C(=O)N/C(=C/c2ccc(N3CCCCC3)cc2)C1=O)Nc1ccccc1F. The number of piperidine rings is 1. The lowest BCUT2D eigenvalue weighted by Gasteiger charge is -2.28. The van der Waals surface area contributed by atoms with Crippen molar-refractivity contribution in [2.75, 3.05) is 29.9 Å². The summed E-state index contributed by atoms with van der Waals surface area (Å²) in [6.45, 7) is 1.57. The number of rotatable bonds is 5. The predicted octanol–water partition coefficient (Wildman–Crippen LogP) is 3.35. The number of imide groups is 1. The van der Waals surface area contributed by atoms with Crippen LogP contribution in [0, 0.1) is 5.82 Å². The number of nitrogens with zero attached hydrogens (tertiary/aromatic N) is 2. The van der Waals surface area contributed by atoms with Gasteiger partial charge >= 0.3 is 6.03 Å². The molecule has 2 aliphatic heterocycles. The summed E-state index contributed by atoms with van der Waals surface area (Å²) in [5.74, 6) is -1.86. The van der Waals surface area contributed by atoms with Gasteiger partial charge in [0.1, 0.15) is 18.1 Å². The first-order valence-electron chi connectivity index (χ1n) is 10.3. The number of benzene rings is 2. The van der Waals surface area contributed by atoms with Crippen LogP contribution in [0.1, 0.15) is 24.8 Å². The number of nitrogens with one attached hydrogen (secondary N) is 2. The summed E-state index contributed by atoms with van der Waals surface area (Å²) in [5.41, 5.74) is 1.98. The molecule has 0 radical (unpaired) electrons. The molecule has 0 aromatic heterocycles. The van der Waals surface area contributed by atoms with Crippen molar-refractivity contribution >= 4 is 35.3 Å². The van der Waals surface area contributed by atoms with Gasteiger partial charge in [0.05, 0.1) is 5.69 Å². The molecule has 2 aromatic carbocycles. The van der Waals surface area contributed by atoms with Gasteiger partial charge in [0, 0.05) is 18.8 Å². The van der Waals surface area contributed by atoms with Crippen LogP contribution in [0.2, 0.25) is 0 Å². The van der Waals surface area contributed by atoms with Gasteiger partial charge in [-0.3, -0.25) is 9.59 Å². The largest absolute Gasteiger partial charge is 0.372 e. The zero-order valence-electron chi connectivity index (χ0n) is 16.9. The fourth-order valence-electron chi connectivity index (χ4n) is 3.71. The summed E-state index contributed by atoms with van der Waals surface area (Å²) in [6.07, 6.45) is 5.21. The molecule has 2 heterocycles. The molecule has 4 rings (SSSR count). The Balaban J connectivity index is 1.41. The van der Waals surface area contributed by atoms with Gasteiger partial charge in [0.15, 0.2) is 0 Å². The van der Waals surface area contributed by atoms with E-state index in [4.69, 9.17) is 0 Å². The summed E-state index contributed by atoms with van der Waals surface area (Å²) < 4.78 is 13.7. The molecule has 2 aromatic rings. The second-order valence-electron chi connectivity index (χ2n) is 7.55. The molecule has 2 saturated heterocycles. The number of urea groups is 1. The van der Waals surface area contributed by atoms with E-state index in [2.05, 4.69) is 15.5 Å². The maximum absolute atomic E-state index is 13.7. The van der Waals surface area contributed by atoms with E-state index in [-0.39, 0.29) is 11.4 Å². The number of hydrogen-bond acceptors (Lipinski definition) is 4. The van der Waals surface area contributed by atoms with Gasteiger partial charge in [0.25, 0.3) is 5.91 Å². The summed E-state index contributed by atoms with van der Waals surface area (Å²) in [4.78, 5) is 40.1. The smallest absolute Gasteiger partial charge is 0.329 e. The first-order valence-corrected chi connectivity index (χ1v) is 10.3. The topological polar surface area (TPSA) is 81.8 Å². The van der Waals surface area contributed by atoms with Crippen molar-refractivity contribution in [3.8, 4) is 0 Å². The van der Waals surface area contributed by atoms with Crippen LogP contribution >= 0.6 is 0 Å². The molecule has 0 bridgehead atoms. The van der Waals surface area contributed by atoms with Gasteiger partial charge in [-0.15, -0.1) is 0 Å². The van der Waals surface area contributed by atoms with E-state index in [1.807, 2.05) is 24.3 Å². The molecule has 0 atom stereocenters. The zero-order chi connectivity index (χ0) is 21.8. The van der Waals surface area contributed by atoms with E-state index in [9.17, 15) is 18.8 Å². The summed E-state index contributed by atoms with van der Waals surface area (Å²) in [7, 11) is 0. The number of halogens is 1. The molecule has 8 heteroatoms. The van der Waals surface area contributed by atoms with Crippen molar-refractivity contribution in [1.82, 2.24) is 10.2 Å². The summed E-state index contributed by atoms with van der Waals surface area (Å²) in [6, 6.07) is 12.8. The molecule has 2 N–H and O–H groups in total. The van der Waals surface area contributed by atoms with Crippen LogP contribution in [0.5, 0.6) is 0 Å². The molecule has 160 valence electrons. The van der Waals surface area contributed by atoms with Crippen LogP contribution in [0.3, 0.4) is 0 Å². The lowest BCUT2D eigenvalue weighted by atomic mass is 10.1. The average Bonchev–Trinajstić information content (AvgIpc) is 3.04. The van der Waals surface area contributed by atoms with E-state index in [1.165, 1.54) is 37.5 Å². The molecule has 7 nitrogen and oxygen atoms in total.